The third-order valence-electron chi connectivity index (χ3n) is 2.63. The number of hydrogen-bond donors (Lipinski definition) is 1. The summed E-state index contributed by atoms with van der Waals surface area (Å²) in [7, 11) is 0. The van der Waals surface area contributed by atoms with Crippen LogP contribution in [0.15, 0.2) is 22.8 Å². The minimum absolute atomic E-state index is 0.115. The third kappa shape index (κ3) is 3.34. The summed E-state index contributed by atoms with van der Waals surface area (Å²) < 4.78 is 15.9. The minimum atomic E-state index is -0.886. The largest absolute Gasteiger partial charge is 0.467 e. The SMILES string of the molecule is CCOC(=O)C(C)(C)[C@@H](OCCO)c1ccco1. The lowest BCUT2D eigenvalue weighted by Gasteiger charge is -2.30. The van der Waals surface area contributed by atoms with Crippen molar-refractivity contribution >= 4 is 5.97 Å². The molecule has 1 N–H and O–H groups in total. The van der Waals surface area contributed by atoms with E-state index in [0.29, 0.717) is 12.4 Å². The lowest BCUT2D eigenvalue weighted by molar-refractivity contribution is -0.165. The number of furan rings is 1. The van der Waals surface area contributed by atoms with E-state index in [-0.39, 0.29) is 19.2 Å². The van der Waals surface area contributed by atoms with Gasteiger partial charge in [-0.2, -0.15) is 0 Å². The summed E-state index contributed by atoms with van der Waals surface area (Å²) in [5.74, 6) is 0.186. The second kappa shape index (κ2) is 6.56. The Morgan fingerprint density at radius 2 is 2.28 bits per heavy atom. The van der Waals surface area contributed by atoms with E-state index in [1.807, 2.05) is 0 Å². The molecule has 0 aliphatic heterocycles. The van der Waals surface area contributed by atoms with Gasteiger partial charge in [0.25, 0.3) is 0 Å². The van der Waals surface area contributed by atoms with Gasteiger partial charge < -0.3 is 19.0 Å². The number of carbonyl (C=O) groups excluding carboxylic acids is 1. The molecule has 0 fully saturated rings. The van der Waals surface area contributed by atoms with Crippen molar-refractivity contribution in [1.29, 1.82) is 0 Å². The normalized spacial score (nSPS) is 13.3. The molecule has 1 aromatic rings. The second-order valence-electron chi connectivity index (χ2n) is 4.43. The van der Waals surface area contributed by atoms with Crippen LogP contribution in [0, 0.1) is 5.41 Å². The highest BCUT2D eigenvalue weighted by Crippen LogP contribution is 2.37. The summed E-state index contributed by atoms with van der Waals surface area (Å²) in [5.41, 5.74) is -0.886. The molecule has 1 rings (SSSR count). The van der Waals surface area contributed by atoms with Crippen molar-refractivity contribution < 1.29 is 23.8 Å². The summed E-state index contributed by atoms with van der Waals surface area (Å²) >= 11 is 0. The number of carbonyl (C=O) groups is 1. The van der Waals surface area contributed by atoms with Crippen LogP contribution >= 0.6 is 0 Å². The quantitative estimate of drug-likeness (QED) is 0.755. The van der Waals surface area contributed by atoms with Crippen LogP contribution in [0.5, 0.6) is 0 Å². The minimum Gasteiger partial charge on any atom is -0.467 e. The highest BCUT2D eigenvalue weighted by atomic mass is 16.5. The van der Waals surface area contributed by atoms with Crippen LogP contribution in [-0.4, -0.2) is 30.9 Å². The van der Waals surface area contributed by atoms with Gasteiger partial charge in [0, 0.05) is 0 Å². The average Bonchev–Trinajstić information content (AvgIpc) is 2.83. The molecule has 1 atom stereocenters. The first kappa shape index (κ1) is 14.7. The predicted octanol–water partition coefficient (Wildman–Crippen LogP) is 1.92. The number of hydrogen-bond acceptors (Lipinski definition) is 5. The second-order valence-corrected chi connectivity index (χ2v) is 4.43. The van der Waals surface area contributed by atoms with Gasteiger partial charge in [-0.1, -0.05) is 0 Å². The fraction of sp³-hybridized carbons (Fsp3) is 0.615. The zero-order valence-electron chi connectivity index (χ0n) is 11.0. The zero-order valence-corrected chi connectivity index (χ0v) is 11.0. The fourth-order valence-corrected chi connectivity index (χ4v) is 1.68. The van der Waals surface area contributed by atoms with Crippen molar-refractivity contribution in [2.24, 2.45) is 5.41 Å². The van der Waals surface area contributed by atoms with Crippen molar-refractivity contribution in [2.45, 2.75) is 26.9 Å². The molecule has 1 aromatic heterocycles. The third-order valence-corrected chi connectivity index (χ3v) is 2.63. The van der Waals surface area contributed by atoms with Gasteiger partial charge in [0.1, 0.15) is 11.9 Å². The molecule has 102 valence electrons. The molecular weight excluding hydrogens is 236 g/mol. The molecule has 0 radical (unpaired) electrons. The highest BCUT2D eigenvalue weighted by Gasteiger charge is 2.41. The fourth-order valence-electron chi connectivity index (χ4n) is 1.68. The Labute approximate surface area is 107 Å². The summed E-state index contributed by atoms with van der Waals surface area (Å²) in [5, 5.41) is 8.85. The molecular formula is C13H20O5. The summed E-state index contributed by atoms with van der Waals surface area (Å²) in [6, 6.07) is 3.47. The van der Waals surface area contributed by atoms with Gasteiger partial charge in [-0.3, -0.25) is 4.79 Å². The van der Waals surface area contributed by atoms with Crippen LogP contribution in [0.25, 0.3) is 0 Å². The number of ether oxygens (including phenoxy) is 2. The molecule has 0 saturated heterocycles. The maximum atomic E-state index is 12.0. The molecule has 5 heteroatoms. The lowest BCUT2D eigenvalue weighted by Crippen LogP contribution is -2.35. The molecule has 0 spiro atoms. The van der Waals surface area contributed by atoms with Gasteiger partial charge in [0.05, 0.1) is 31.5 Å². The molecule has 18 heavy (non-hydrogen) atoms. The maximum Gasteiger partial charge on any atom is 0.314 e. The Hall–Kier alpha value is -1.33. The van der Waals surface area contributed by atoms with E-state index in [0.717, 1.165) is 0 Å². The van der Waals surface area contributed by atoms with E-state index in [4.69, 9.17) is 19.0 Å². The van der Waals surface area contributed by atoms with E-state index >= 15 is 0 Å². The Kier molecular flexibility index (Phi) is 5.37. The van der Waals surface area contributed by atoms with Gasteiger partial charge in [-0.15, -0.1) is 0 Å². The van der Waals surface area contributed by atoms with Crippen LogP contribution in [0.3, 0.4) is 0 Å². The molecule has 0 unspecified atom stereocenters. The molecule has 1 heterocycles. The van der Waals surface area contributed by atoms with Crippen LogP contribution in [-0.2, 0) is 14.3 Å². The average molecular weight is 256 g/mol. The molecule has 0 aliphatic rings. The maximum absolute atomic E-state index is 12.0. The van der Waals surface area contributed by atoms with Gasteiger partial charge >= 0.3 is 5.97 Å². The smallest absolute Gasteiger partial charge is 0.314 e. The van der Waals surface area contributed by atoms with Crippen molar-refractivity contribution in [3.05, 3.63) is 24.2 Å². The van der Waals surface area contributed by atoms with Crippen molar-refractivity contribution in [3.63, 3.8) is 0 Å². The monoisotopic (exact) mass is 256 g/mol. The summed E-state index contributed by atoms with van der Waals surface area (Å²) in [4.78, 5) is 12.0. The van der Waals surface area contributed by atoms with E-state index in [9.17, 15) is 4.79 Å². The lowest BCUT2D eigenvalue weighted by atomic mass is 9.85. The van der Waals surface area contributed by atoms with Crippen molar-refractivity contribution in [2.75, 3.05) is 19.8 Å². The number of rotatable bonds is 7. The van der Waals surface area contributed by atoms with Gasteiger partial charge in [0.2, 0.25) is 0 Å². The van der Waals surface area contributed by atoms with Crippen molar-refractivity contribution in [3.8, 4) is 0 Å². The first-order valence-corrected chi connectivity index (χ1v) is 5.97. The highest BCUT2D eigenvalue weighted by molar-refractivity contribution is 5.76. The molecule has 0 aromatic carbocycles. The number of esters is 1. The molecule has 5 nitrogen and oxygen atoms in total. The van der Waals surface area contributed by atoms with Crippen LogP contribution in [0.2, 0.25) is 0 Å². The van der Waals surface area contributed by atoms with Crippen LogP contribution < -0.4 is 0 Å². The summed E-state index contributed by atoms with van der Waals surface area (Å²) in [6.07, 6.45) is 0.935. The van der Waals surface area contributed by atoms with E-state index in [1.165, 1.54) is 6.26 Å². The number of aliphatic hydroxyl groups is 1. The Morgan fingerprint density at radius 1 is 1.56 bits per heavy atom. The Bertz CT molecular complexity index is 355. The number of aliphatic hydroxyl groups excluding tert-OH is 1. The molecule has 0 aliphatic carbocycles. The molecule has 0 bridgehead atoms. The van der Waals surface area contributed by atoms with E-state index in [2.05, 4.69) is 0 Å². The summed E-state index contributed by atoms with van der Waals surface area (Å²) in [6.45, 7) is 5.55. The zero-order chi connectivity index (χ0) is 13.6. The Balaban J connectivity index is 2.91. The molecule has 0 saturated carbocycles. The van der Waals surface area contributed by atoms with Crippen LogP contribution in [0.1, 0.15) is 32.6 Å². The first-order valence-electron chi connectivity index (χ1n) is 5.97. The predicted molar refractivity (Wildman–Crippen MR) is 64.9 cm³/mol. The van der Waals surface area contributed by atoms with Crippen molar-refractivity contribution in [1.82, 2.24) is 0 Å². The van der Waals surface area contributed by atoms with E-state index < -0.39 is 11.5 Å². The van der Waals surface area contributed by atoms with Crippen LogP contribution in [0.4, 0.5) is 0 Å². The first-order chi connectivity index (χ1) is 8.54. The topological polar surface area (TPSA) is 68.9 Å². The van der Waals surface area contributed by atoms with Gasteiger partial charge in [-0.25, -0.2) is 0 Å². The van der Waals surface area contributed by atoms with E-state index in [1.54, 1.807) is 32.9 Å². The standard InChI is InChI=1S/C13H20O5/c1-4-16-12(15)13(2,3)11(18-9-7-14)10-6-5-8-17-10/h5-6,8,11,14H,4,7,9H2,1-3H3/t11-/m0/s1. The Morgan fingerprint density at radius 3 is 2.78 bits per heavy atom. The van der Waals surface area contributed by atoms with Gasteiger partial charge in [0.15, 0.2) is 0 Å². The van der Waals surface area contributed by atoms with Gasteiger partial charge in [-0.05, 0) is 32.9 Å². The molecule has 0 amide bonds.